The van der Waals surface area contributed by atoms with E-state index in [2.05, 4.69) is 45.5 Å². The normalized spacial score (nSPS) is 26.2. The number of aromatic hydroxyl groups is 1. The number of carbonyl (C=O) groups excluding carboxylic acids is 1. The van der Waals surface area contributed by atoms with Crippen molar-refractivity contribution >= 4 is 12.0 Å². The summed E-state index contributed by atoms with van der Waals surface area (Å²) in [6.45, 7) is 8.15. The summed E-state index contributed by atoms with van der Waals surface area (Å²) in [6.07, 6.45) is 18.6. The molecule has 0 bridgehead atoms. The summed E-state index contributed by atoms with van der Waals surface area (Å²) >= 11 is 0. The van der Waals surface area contributed by atoms with E-state index in [-0.39, 0.29) is 11.6 Å². The molecule has 0 radical (unpaired) electrons. The Bertz CT molecular complexity index is 1430. The smallest absolute Gasteiger partial charge is 0.213 e. The van der Waals surface area contributed by atoms with Gasteiger partial charge >= 0.3 is 0 Å². The van der Waals surface area contributed by atoms with Gasteiger partial charge in [0.15, 0.2) is 0 Å². The predicted molar refractivity (Wildman–Crippen MR) is 196 cm³/mol. The van der Waals surface area contributed by atoms with Crippen molar-refractivity contribution < 1.29 is 19.4 Å². The first-order valence-electron chi connectivity index (χ1n) is 17.7. The molecule has 10 heteroatoms. The molecule has 3 heterocycles. The van der Waals surface area contributed by atoms with Crippen molar-refractivity contribution in [2.45, 2.75) is 77.4 Å². The van der Waals surface area contributed by atoms with Gasteiger partial charge < -0.3 is 46.4 Å². The molecule has 1 aromatic carbocycles. The van der Waals surface area contributed by atoms with Gasteiger partial charge in [-0.1, -0.05) is 31.2 Å². The maximum atomic E-state index is 10.8. The number of rotatable bonds is 7. The van der Waals surface area contributed by atoms with E-state index in [0.29, 0.717) is 40.3 Å². The first kappa shape index (κ1) is 37.8. The van der Waals surface area contributed by atoms with Crippen LogP contribution in [0.4, 0.5) is 0 Å². The fourth-order valence-electron chi connectivity index (χ4n) is 7.52. The minimum absolute atomic E-state index is 0.136. The maximum absolute atomic E-state index is 10.8. The molecule has 1 spiro atoms. The van der Waals surface area contributed by atoms with Gasteiger partial charge in [-0.05, 0) is 99.5 Å². The van der Waals surface area contributed by atoms with Gasteiger partial charge in [-0.15, -0.1) is 0 Å². The largest absolute Gasteiger partial charge is 0.507 e. The number of piperidine rings is 1. The molecule has 3 fully saturated rings. The molecule has 10 nitrogen and oxygen atoms in total. The van der Waals surface area contributed by atoms with Gasteiger partial charge in [0.2, 0.25) is 5.88 Å². The lowest BCUT2D eigenvalue weighted by Gasteiger charge is -2.59. The van der Waals surface area contributed by atoms with Crippen LogP contribution in [0.3, 0.4) is 0 Å². The highest BCUT2D eigenvalue weighted by atomic mass is 16.5. The number of pyridine rings is 1. The third kappa shape index (κ3) is 10.7. The van der Waals surface area contributed by atoms with Crippen LogP contribution in [-0.2, 0) is 9.53 Å². The van der Waals surface area contributed by atoms with Gasteiger partial charge in [0.1, 0.15) is 24.0 Å². The molecule has 4 aliphatic rings. The molecule has 2 aromatic rings. The molecule has 2 aliphatic carbocycles. The highest BCUT2D eigenvalue weighted by Crippen LogP contribution is 2.59. The average Bonchev–Trinajstić information content (AvgIpc) is 3.02. The van der Waals surface area contributed by atoms with Gasteiger partial charge in [-0.2, -0.15) is 0 Å². The van der Waals surface area contributed by atoms with Crippen LogP contribution in [0.25, 0.3) is 5.70 Å². The van der Waals surface area contributed by atoms with Crippen molar-refractivity contribution in [3.63, 3.8) is 0 Å². The highest BCUT2D eigenvalue weighted by molar-refractivity contribution is 5.70. The van der Waals surface area contributed by atoms with Crippen molar-refractivity contribution in [1.29, 1.82) is 0 Å². The van der Waals surface area contributed by atoms with Crippen molar-refractivity contribution in [1.82, 2.24) is 14.8 Å². The molecule has 1 saturated heterocycles. The Kier molecular flexibility index (Phi) is 14.0. The second-order valence-electron chi connectivity index (χ2n) is 14.3. The van der Waals surface area contributed by atoms with E-state index in [4.69, 9.17) is 21.9 Å². The number of allylic oxidation sites excluding steroid dienone is 2. The van der Waals surface area contributed by atoms with Crippen LogP contribution in [-0.4, -0.2) is 78.7 Å². The number of carbonyl (C=O) groups is 1. The zero-order valence-corrected chi connectivity index (χ0v) is 29.9. The number of aromatic nitrogens is 1. The third-order valence-electron chi connectivity index (χ3n) is 10.1. The van der Waals surface area contributed by atoms with Crippen molar-refractivity contribution in [3.05, 3.63) is 83.5 Å². The topological polar surface area (TPSA) is 153 Å². The van der Waals surface area contributed by atoms with Crippen molar-refractivity contribution in [3.8, 4) is 11.6 Å². The fourth-order valence-corrected chi connectivity index (χ4v) is 7.52. The number of phenols is 1. The van der Waals surface area contributed by atoms with Crippen LogP contribution in [0.5, 0.6) is 11.6 Å². The predicted octanol–water partition coefficient (Wildman–Crippen LogP) is 5.32. The number of nitrogens with zero attached hydrogens (tertiary/aromatic N) is 3. The Morgan fingerprint density at radius 3 is 2.35 bits per heavy atom. The van der Waals surface area contributed by atoms with E-state index < -0.39 is 0 Å². The maximum Gasteiger partial charge on any atom is 0.213 e. The third-order valence-corrected chi connectivity index (χ3v) is 10.1. The number of methoxy groups -OCH3 is 1. The van der Waals surface area contributed by atoms with E-state index in [0.717, 1.165) is 82.9 Å². The van der Waals surface area contributed by atoms with Gasteiger partial charge in [0.25, 0.3) is 0 Å². The summed E-state index contributed by atoms with van der Waals surface area (Å²) < 4.78 is 10.3. The lowest BCUT2D eigenvalue weighted by molar-refractivity contribution is -0.130. The molecule has 6 rings (SSSR count). The van der Waals surface area contributed by atoms with E-state index >= 15 is 0 Å². The standard InChI is InChI=1S/C19H26N2O2.C18H26N4O.C2H6O/c1-14-2-5-20-18(8-14)23-17-3-6-21(7-4-17)16-11-19(12-16)9-15(10-19)13-22;1-13-7-3-2-6-10-22(12-13)16(18(20)21)11-15(19)14-8-4-5-9-17(14)23;1-3-2/h2,5,8,13,15-17H,3-4,6-7,9-12H2,1H3;2,4-6,8-9,11,13,23H,3,7,10,12,19-21H2,1H3;1-2H3/b;6-2-,15-11-;. The number of benzene rings is 1. The number of para-hydroxylation sites is 1. The van der Waals surface area contributed by atoms with Crippen LogP contribution < -0.4 is 21.9 Å². The van der Waals surface area contributed by atoms with Crippen molar-refractivity contribution in [2.24, 2.45) is 34.5 Å². The molecular weight excluding hydrogens is 616 g/mol. The SMILES string of the molecule is CC1CC/C=C\CN(C(/C=C(\N)c2ccccc2O)=C(N)N)C1.COC.Cc1ccnc(OC2CCN(C3CC4(CC(C=O)C4)C3)CC2)c1. The first-order valence-corrected chi connectivity index (χ1v) is 17.7. The molecule has 49 heavy (non-hydrogen) atoms. The molecule has 1 aromatic heterocycles. The summed E-state index contributed by atoms with van der Waals surface area (Å²) in [7, 11) is 3.25. The number of hydrogen-bond acceptors (Lipinski definition) is 10. The highest BCUT2D eigenvalue weighted by Gasteiger charge is 2.54. The number of aryl methyl sites for hydroxylation is 1. The van der Waals surface area contributed by atoms with Crippen LogP contribution in [0.2, 0.25) is 0 Å². The number of ether oxygens (including phenoxy) is 2. The summed E-state index contributed by atoms with van der Waals surface area (Å²) in [5, 5.41) is 9.94. The Morgan fingerprint density at radius 2 is 1.71 bits per heavy atom. The van der Waals surface area contributed by atoms with E-state index in [1.807, 2.05) is 24.4 Å². The van der Waals surface area contributed by atoms with Crippen molar-refractivity contribution in [2.75, 3.05) is 40.4 Å². The summed E-state index contributed by atoms with van der Waals surface area (Å²) in [4.78, 5) is 19.8. The lowest BCUT2D eigenvalue weighted by Crippen LogP contribution is -2.58. The van der Waals surface area contributed by atoms with E-state index in [1.165, 1.54) is 18.4 Å². The first-order chi connectivity index (χ1) is 23.6. The van der Waals surface area contributed by atoms with E-state index in [1.54, 1.807) is 38.5 Å². The van der Waals surface area contributed by atoms with Crippen LogP contribution in [0.1, 0.15) is 69.4 Å². The van der Waals surface area contributed by atoms with Gasteiger partial charge in [0.05, 0.1) is 5.70 Å². The number of hydrogen-bond donors (Lipinski definition) is 4. The zero-order chi connectivity index (χ0) is 35.4. The summed E-state index contributed by atoms with van der Waals surface area (Å²) in [5.41, 5.74) is 21.4. The quantitative estimate of drug-likeness (QED) is 0.172. The number of likely N-dealkylation sites (tertiary alicyclic amines) is 1. The second kappa shape index (κ2) is 18.1. The molecule has 1 atom stereocenters. The molecule has 2 aliphatic heterocycles. The summed E-state index contributed by atoms with van der Waals surface area (Å²) in [5.74, 6) is 2.02. The monoisotopic (exact) mass is 674 g/mol. The molecule has 0 amide bonds. The Morgan fingerprint density at radius 1 is 1.02 bits per heavy atom. The lowest BCUT2D eigenvalue weighted by atomic mass is 9.50. The molecule has 268 valence electrons. The Balaban J connectivity index is 0.000000205. The molecule has 1 unspecified atom stereocenters. The van der Waals surface area contributed by atoms with Gasteiger partial charge in [0, 0.05) is 75.9 Å². The molecular formula is C39H58N6O4. The number of phenolic OH excluding ortho intramolecular Hbond substituents is 1. The zero-order valence-electron chi connectivity index (χ0n) is 29.9. The molecule has 7 N–H and O–H groups in total. The van der Waals surface area contributed by atoms with Crippen LogP contribution in [0.15, 0.2) is 72.3 Å². The van der Waals surface area contributed by atoms with E-state index in [9.17, 15) is 9.90 Å². The van der Waals surface area contributed by atoms with Gasteiger partial charge in [-0.25, -0.2) is 4.98 Å². The average molecular weight is 675 g/mol. The number of aldehydes is 1. The minimum Gasteiger partial charge on any atom is -0.507 e. The van der Waals surface area contributed by atoms with Crippen LogP contribution in [0, 0.1) is 24.2 Å². The summed E-state index contributed by atoms with van der Waals surface area (Å²) in [6, 6.07) is 11.7. The second-order valence-corrected chi connectivity index (χ2v) is 14.3. The minimum atomic E-state index is 0.136. The van der Waals surface area contributed by atoms with Gasteiger partial charge in [-0.3, -0.25) is 0 Å². The number of nitrogens with two attached hydrogens (primary N) is 3. The Hall–Kier alpha value is -4.02. The molecule has 2 saturated carbocycles. The fraction of sp³-hybridized carbons (Fsp3) is 0.538. The Labute approximate surface area is 293 Å². The van der Waals surface area contributed by atoms with Crippen LogP contribution >= 0.6 is 0 Å².